The number of furan rings is 1. The lowest BCUT2D eigenvalue weighted by Gasteiger charge is -2.13. The molecule has 4 nitrogen and oxygen atoms in total. The highest BCUT2D eigenvalue weighted by molar-refractivity contribution is 7.09. The summed E-state index contributed by atoms with van der Waals surface area (Å²) in [4.78, 5) is 14.0. The number of hydrogen-bond donors (Lipinski definition) is 1. The molecule has 0 saturated carbocycles. The first kappa shape index (κ1) is 11.9. The van der Waals surface area contributed by atoms with Crippen molar-refractivity contribution in [1.29, 1.82) is 0 Å². The molecule has 2 aromatic rings. The third-order valence-corrected chi connectivity index (χ3v) is 3.19. The molecule has 0 saturated heterocycles. The molecule has 1 N–H and O–H groups in total. The monoisotopic (exact) mass is 251 g/mol. The summed E-state index contributed by atoms with van der Waals surface area (Å²) in [5.74, 6) is -0.289. The van der Waals surface area contributed by atoms with Crippen molar-refractivity contribution in [2.75, 3.05) is 7.05 Å². The van der Waals surface area contributed by atoms with Crippen molar-refractivity contribution in [2.45, 2.75) is 13.1 Å². The van der Waals surface area contributed by atoms with Gasteiger partial charge in [0.1, 0.15) is 12.0 Å². The summed E-state index contributed by atoms with van der Waals surface area (Å²) in [5, 5.41) is 10.8. The number of thiophene rings is 1. The fourth-order valence-corrected chi connectivity index (χ4v) is 2.35. The van der Waals surface area contributed by atoms with Crippen molar-refractivity contribution in [2.24, 2.45) is 0 Å². The Morgan fingerprint density at radius 1 is 1.53 bits per heavy atom. The minimum absolute atomic E-state index is 0.199. The van der Waals surface area contributed by atoms with Gasteiger partial charge in [0.15, 0.2) is 0 Å². The fourth-order valence-electron chi connectivity index (χ4n) is 1.57. The molecule has 0 atom stereocenters. The molecule has 2 heterocycles. The van der Waals surface area contributed by atoms with Gasteiger partial charge in [0.2, 0.25) is 0 Å². The maximum atomic E-state index is 10.7. The molecule has 0 fully saturated rings. The van der Waals surface area contributed by atoms with Gasteiger partial charge in [0.05, 0.1) is 12.1 Å². The second-order valence-electron chi connectivity index (χ2n) is 3.86. The standard InChI is InChI=1S/C12H13NO3S/c1-13(7-11-3-2-4-17-11)6-10-5-9(8-16-10)12(14)15/h2-5,8H,6-7H2,1H3,(H,14,15). The van der Waals surface area contributed by atoms with E-state index in [2.05, 4.69) is 11.0 Å². The Morgan fingerprint density at radius 2 is 2.35 bits per heavy atom. The summed E-state index contributed by atoms with van der Waals surface area (Å²) in [6.45, 7) is 1.44. The number of carboxylic acid groups (broad SMARTS) is 1. The van der Waals surface area contributed by atoms with Crippen LogP contribution in [0.25, 0.3) is 0 Å². The van der Waals surface area contributed by atoms with Crippen molar-refractivity contribution in [3.8, 4) is 0 Å². The number of hydrogen-bond acceptors (Lipinski definition) is 4. The number of rotatable bonds is 5. The van der Waals surface area contributed by atoms with E-state index in [0.717, 1.165) is 6.54 Å². The molecule has 2 aromatic heterocycles. The molecule has 0 unspecified atom stereocenters. The average molecular weight is 251 g/mol. The van der Waals surface area contributed by atoms with Gasteiger partial charge >= 0.3 is 5.97 Å². The van der Waals surface area contributed by atoms with Crippen LogP contribution in [0.2, 0.25) is 0 Å². The predicted octanol–water partition coefficient (Wildman–Crippen LogP) is 2.67. The second kappa shape index (κ2) is 5.16. The maximum Gasteiger partial charge on any atom is 0.338 e. The third kappa shape index (κ3) is 3.18. The fraction of sp³-hybridized carbons (Fsp3) is 0.250. The van der Waals surface area contributed by atoms with Gasteiger partial charge in [0.25, 0.3) is 0 Å². The Morgan fingerprint density at radius 3 is 2.94 bits per heavy atom. The number of carboxylic acids is 1. The molecule has 0 bridgehead atoms. The molecule has 0 aliphatic carbocycles. The quantitative estimate of drug-likeness (QED) is 0.887. The van der Waals surface area contributed by atoms with Crippen molar-refractivity contribution in [3.63, 3.8) is 0 Å². The van der Waals surface area contributed by atoms with E-state index >= 15 is 0 Å². The Kier molecular flexibility index (Phi) is 3.61. The largest absolute Gasteiger partial charge is 0.478 e. The van der Waals surface area contributed by atoms with Crippen molar-refractivity contribution < 1.29 is 14.3 Å². The summed E-state index contributed by atoms with van der Waals surface area (Å²) in [6, 6.07) is 5.66. The van der Waals surface area contributed by atoms with Crippen LogP contribution in [0.15, 0.2) is 34.3 Å². The minimum Gasteiger partial charge on any atom is -0.478 e. The Bertz CT molecular complexity index is 490. The van der Waals surface area contributed by atoms with E-state index in [1.165, 1.54) is 11.1 Å². The lowest BCUT2D eigenvalue weighted by Crippen LogP contribution is -2.16. The summed E-state index contributed by atoms with van der Waals surface area (Å²) in [5.41, 5.74) is 0.199. The molecule has 0 aromatic carbocycles. The van der Waals surface area contributed by atoms with Crippen LogP contribution in [0.1, 0.15) is 21.0 Å². The predicted molar refractivity (Wildman–Crippen MR) is 65.2 cm³/mol. The van der Waals surface area contributed by atoms with Crippen LogP contribution in [0.3, 0.4) is 0 Å². The third-order valence-electron chi connectivity index (χ3n) is 2.33. The van der Waals surface area contributed by atoms with Gasteiger partial charge in [-0.25, -0.2) is 4.79 Å². The van der Waals surface area contributed by atoms with Gasteiger partial charge in [-0.15, -0.1) is 11.3 Å². The Balaban J connectivity index is 1.93. The SMILES string of the molecule is CN(Cc1cc(C(=O)O)co1)Cc1cccs1. The smallest absolute Gasteiger partial charge is 0.338 e. The molecular weight excluding hydrogens is 238 g/mol. The summed E-state index contributed by atoms with van der Waals surface area (Å²) < 4.78 is 5.20. The van der Waals surface area contributed by atoms with Crippen molar-refractivity contribution in [1.82, 2.24) is 4.90 Å². The molecule has 90 valence electrons. The molecule has 2 rings (SSSR count). The van der Waals surface area contributed by atoms with Crippen LogP contribution in [-0.2, 0) is 13.1 Å². The molecule has 0 spiro atoms. The molecular formula is C12H13NO3S. The van der Waals surface area contributed by atoms with E-state index in [9.17, 15) is 4.79 Å². The van der Waals surface area contributed by atoms with Crippen molar-refractivity contribution in [3.05, 3.63) is 46.0 Å². The topological polar surface area (TPSA) is 53.7 Å². The summed E-state index contributed by atoms with van der Waals surface area (Å²) in [7, 11) is 1.97. The normalized spacial score (nSPS) is 10.9. The van der Waals surface area contributed by atoms with E-state index in [-0.39, 0.29) is 5.56 Å². The first-order valence-corrected chi connectivity index (χ1v) is 6.05. The molecule has 0 amide bonds. The van der Waals surface area contributed by atoms with Gasteiger partial charge < -0.3 is 9.52 Å². The summed E-state index contributed by atoms with van der Waals surface area (Å²) in [6.07, 6.45) is 1.27. The maximum absolute atomic E-state index is 10.7. The highest BCUT2D eigenvalue weighted by atomic mass is 32.1. The Labute approximate surface area is 103 Å². The second-order valence-corrected chi connectivity index (χ2v) is 4.89. The highest BCUT2D eigenvalue weighted by Crippen LogP contribution is 2.14. The van der Waals surface area contributed by atoms with Gasteiger partial charge in [-0.3, -0.25) is 4.90 Å². The van der Waals surface area contributed by atoms with E-state index in [0.29, 0.717) is 12.3 Å². The zero-order valence-corrected chi connectivity index (χ0v) is 10.2. The lowest BCUT2D eigenvalue weighted by atomic mass is 10.3. The number of carbonyl (C=O) groups is 1. The number of aromatic carboxylic acids is 1. The average Bonchev–Trinajstić information content (AvgIpc) is 2.88. The molecule has 0 aliphatic rings. The minimum atomic E-state index is -0.957. The van der Waals surface area contributed by atoms with E-state index in [1.807, 2.05) is 18.5 Å². The molecule has 5 heteroatoms. The van der Waals surface area contributed by atoms with Crippen molar-refractivity contribution >= 4 is 17.3 Å². The first-order valence-electron chi connectivity index (χ1n) is 5.17. The van der Waals surface area contributed by atoms with Gasteiger partial charge in [-0.05, 0) is 24.6 Å². The molecule has 0 aliphatic heterocycles. The van der Waals surface area contributed by atoms with Crippen LogP contribution in [0.4, 0.5) is 0 Å². The molecule has 0 radical (unpaired) electrons. The highest BCUT2D eigenvalue weighted by Gasteiger charge is 2.10. The van der Waals surface area contributed by atoms with Gasteiger partial charge in [-0.2, -0.15) is 0 Å². The van der Waals surface area contributed by atoms with Crippen LogP contribution in [0.5, 0.6) is 0 Å². The van der Waals surface area contributed by atoms with Gasteiger partial charge in [-0.1, -0.05) is 6.07 Å². The van der Waals surface area contributed by atoms with Crippen LogP contribution >= 0.6 is 11.3 Å². The molecule has 17 heavy (non-hydrogen) atoms. The zero-order valence-electron chi connectivity index (χ0n) is 9.42. The Hall–Kier alpha value is -1.59. The summed E-state index contributed by atoms with van der Waals surface area (Å²) >= 11 is 1.71. The van der Waals surface area contributed by atoms with Crippen LogP contribution < -0.4 is 0 Å². The van der Waals surface area contributed by atoms with E-state index in [1.54, 1.807) is 17.4 Å². The number of nitrogens with zero attached hydrogens (tertiary/aromatic N) is 1. The first-order chi connectivity index (χ1) is 8.15. The van der Waals surface area contributed by atoms with Crippen LogP contribution in [0, 0.1) is 0 Å². The van der Waals surface area contributed by atoms with E-state index < -0.39 is 5.97 Å². The van der Waals surface area contributed by atoms with Gasteiger partial charge in [0, 0.05) is 11.4 Å². The van der Waals surface area contributed by atoms with Crippen LogP contribution in [-0.4, -0.2) is 23.0 Å². The zero-order chi connectivity index (χ0) is 12.3. The van der Waals surface area contributed by atoms with E-state index in [4.69, 9.17) is 9.52 Å². The lowest BCUT2D eigenvalue weighted by molar-refractivity contribution is 0.0696.